The first-order chi connectivity index (χ1) is 14.6. The molecule has 162 valence electrons. The molecule has 2 N–H and O–H groups in total. The van der Waals surface area contributed by atoms with Crippen molar-refractivity contribution in [1.82, 2.24) is 14.5 Å². The lowest BCUT2D eigenvalue weighted by Crippen LogP contribution is -2.23. The minimum Gasteiger partial charge on any atom is -0.319 e. The first-order valence-corrected chi connectivity index (χ1v) is 11.1. The van der Waals surface area contributed by atoms with Crippen LogP contribution in [0, 0.1) is 13.8 Å². The molecular weight excluding hydrogens is 416 g/mol. The summed E-state index contributed by atoms with van der Waals surface area (Å²) in [5.41, 5.74) is 3.87. The summed E-state index contributed by atoms with van der Waals surface area (Å²) in [5, 5.41) is 7.14. The Morgan fingerprint density at radius 3 is 2.06 bits per heavy atom. The van der Waals surface area contributed by atoms with Crippen molar-refractivity contribution in [3.05, 3.63) is 76.6 Å². The van der Waals surface area contributed by atoms with Gasteiger partial charge in [-0.15, -0.1) is 0 Å². The number of carbonyl (C=O) groups is 2. The van der Waals surface area contributed by atoms with E-state index in [1.165, 1.54) is 31.2 Å². The molecule has 0 unspecified atom stereocenters. The van der Waals surface area contributed by atoms with Gasteiger partial charge in [0.15, 0.2) is 5.78 Å². The number of aryl methyl sites for hydroxylation is 2. The van der Waals surface area contributed by atoms with Crippen LogP contribution >= 0.6 is 0 Å². The van der Waals surface area contributed by atoms with E-state index in [2.05, 4.69) is 15.1 Å². The molecule has 31 heavy (non-hydrogen) atoms. The van der Waals surface area contributed by atoms with E-state index in [1.807, 2.05) is 20.9 Å². The summed E-state index contributed by atoms with van der Waals surface area (Å²) in [7, 11) is -1.91. The number of hydrogen-bond acceptors (Lipinski definition) is 5. The lowest BCUT2D eigenvalue weighted by molar-refractivity contribution is 0.101. The van der Waals surface area contributed by atoms with Crippen LogP contribution in [-0.2, 0) is 23.6 Å². The molecule has 9 heteroatoms. The average Bonchev–Trinajstić information content (AvgIpc) is 2.98. The molecule has 0 saturated heterocycles. The van der Waals surface area contributed by atoms with Crippen LogP contribution in [0.5, 0.6) is 0 Å². The Hall–Kier alpha value is -3.30. The topological polar surface area (TPSA) is 110 Å². The highest BCUT2D eigenvalue weighted by Crippen LogP contribution is 2.19. The van der Waals surface area contributed by atoms with E-state index < -0.39 is 10.0 Å². The molecule has 0 atom stereocenters. The van der Waals surface area contributed by atoms with Gasteiger partial charge in [-0.25, -0.2) is 13.1 Å². The summed E-state index contributed by atoms with van der Waals surface area (Å²) < 4.78 is 29.1. The van der Waals surface area contributed by atoms with Crippen molar-refractivity contribution < 1.29 is 18.0 Å². The van der Waals surface area contributed by atoms with Crippen molar-refractivity contribution in [3.63, 3.8) is 0 Å². The standard InChI is InChI=1S/C22H24N4O4S/c1-14-21(15(2)26(4)25-14)24-22(28)19-7-5-17(6-8-19)13-23-31(29,30)20-11-9-18(10-12-20)16(3)27/h5-12,23H,13H2,1-4H3,(H,24,28). The van der Waals surface area contributed by atoms with E-state index in [0.717, 1.165) is 11.4 Å². The molecule has 3 aromatic rings. The van der Waals surface area contributed by atoms with Gasteiger partial charge in [-0.1, -0.05) is 24.3 Å². The highest BCUT2D eigenvalue weighted by atomic mass is 32.2. The lowest BCUT2D eigenvalue weighted by atomic mass is 10.1. The van der Waals surface area contributed by atoms with E-state index >= 15 is 0 Å². The SMILES string of the molecule is CC(=O)c1ccc(S(=O)(=O)NCc2ccc(C(=O)Nc3c(C)nn(C)c3C)cc2)cc1. The molecule has 0 fully saturated rings. The molecule has 3 rings (SSSR count). The zero-order chi connectivity index (χ0) is 22.8. The third-order valence-corrected chi connectivity index (χ3v) is 6.42. The Balaban J connectivity index is 1.65. The van der Waals surface area contributed by atoms with Crippen LogP contribution in [0.3, 0.4) is 0 Å². The van der Waals surface area contributed by atoms with Gasteiger partial charge < -0.3 is 5.32 Å². The number of rotatable bonds is 7. The number of nitrogens with one attached hydrogen (secondary N) is 2. The fourth-order valence-corrected chi connectivity index (χ4v) is 4.06. The fourth-order valence-electron chi connectivity index (χ4n) is 3.04. The maximum absolute atomic E-state index is 12.5. The van der Waals surface area contributed by atoms with Gasteiger partial charge in [0, 0.05) is 24.7 Å². The van der Waals surface area contributed by atoms with E-state index in [9.17, 15) is 18.0 Å². The Morgan fingerprint density at radius 1 is 0.968 bits per heavy atom. The van der Waals surface area contributed by atoms with Crippen molar-refractivity contribution in [3.8, 4) is 0 Å². The Bertz CT molecular complexity index is 1230. The molecule has 2 aromatic carbocycles. The van der Waals surface area contributed by atoms with Gasteiger partial charge in [0.25, 0.3) is 5.91 Å². The summed E-state index contributed by atoms with van der Waals surface area (Å²) in [6.45, 7) is 5.19. The van der Waals surface area contributed by atoms with Crippen LogP contribution in [0.1, 0.15) is 44.6 Å². The highest BCUT2D eigenvalue weighted by molar-refractivity contribution is 7.89. The second-order valence-electron chi connectivity index (χ2n) is 7.23. The van der Waals surface area contributed by atoms with Crippen LogP contribution in [0.4, 0.5) is 5.69 Å². The first kappa shape index (κ1) is 22.4. The zero-order valence-electron chi connectivity index (χ0n) is 17.8. The Kier molecular flexibility index (Phi) is 6.37. The van der Waals surface area contributed by atoms with Gasteiger partial charge in [0.2, 0.25) is 10.0 Å². The summed E-state index contributed by atoms with van der Waals surface area (Å²) in [6, 6.07) is 12.4. The summed E-state index contributed by atoms with van der Waals surface area (Å²) in [6.07, 6.45) is 0. The van der Waals surface area contributed by atoms with Crippen molar-refractivity contribution in [2.24, 2.45) is 7.05 Å². The predicted molar refractivity (Wildman–Crippen MR) is 118 cm³/mol. The van der Waals surface area contributed by atoms with Gasteiger partial charge >= 0.3 is 0 Å². The number of anilines is 1. The molecule has 0 radical (unpaired) electrons. The summed E-state index contributed by atoms with van der Waals surface area (Å²) >= 11 is 0. The normalized spacial score (nSPS) is 11.4. The second-order valence-corrected chi connectivity index (χ2v) is 8.99. The van der Waals surface area contributed by atoms with Gasteiger partial charge in [-0.2, -0.15) is 5.10 Å². The maximum Gasteiger partial charge on any atom is 0.255 e. The van der Waals surface area contributed by atoms with Crippen molar-refractivity contribution in [2.45, 2.75) is 32.2 Å². The van der Waals surface area contributed by atoms with E-state index in [4.69, 9.17) is 0 Å². The average molecular weight is 441 g/mol. The van der Waals surface area contributed by atoms with E-state index in [1.54, 1.807) is 28.9 Å². The van der Waals surface area contributed by atoms with Crippen molar-refractivity contribution >= 4 is 27.4 Å². The quantitative estimate of drug-likeness (QED) is 0.549. The van der Waals surface area contributed by atoms with Gasteiger partial charge in [0.1, 0.15) is 0 Å². The van der Waals surface area contributed by atoms with Crippen LogP contribution in [0.15, 0.2) is 53.4 Å². The van der Waals surface area contributed by atoms with Gasteiger partial charge in [0.05, 0.1) is 22.0 Å². The van der Waals surface area contributed by atoms with Gasteiger partial charge in [-0.3, -0.25) is 14.3 Å². The van der Waals surface area contributed by atoms with Crippen LogP contribution in [-0.4, -0.2) is 29.9 Å². The van der Waals surface area contributed by atoms with E-state index in [0.29, 0.717) is 22.4 Å². The molecule has 8 nitrogen and oxygen atoms in total. The molecule has 0 saturated carbocycles. The Morgan fingerprint density at radius 2 is 1.55 bits per heavy atom. The number of aromatic nitrogens is 2. The zero-order valence-corrected chi connectivity index (χ0v) is 18.6. The van der Waals surface area contributed by atoms with Crippen LogP contribution in [0.2, 0.25) is 0 Å². The molecule has 0 bridgehead atoms. The van der Waals surface area contributed by atoms with Crippen molar-refractivity contribution in [2.75, 3.05) is 5.32 Å². The number of Topliss-reactive ketones (excluding diaryl/α,β-unsaturated/α-hetero) is 1. The minimum atomic E-state index is -3.73. The molecular formula is C22H24N4O4S. The maximum atomic E-state index is 12.5. The number of benzene rings is 2. The van der Waals surface area contributed by atoms with Crippen molar-refractivity contribution in [1.29, 1.82) is 0 Å². The second kappa shape index (κ2) is 8.83. The van der Waals surface area contributed by atoms with E-state index in [-0.39, 0.29) is 23.1 Å². The number of ketones is 1. The van der Waals surface area contributed by atoms with Gasteiger partial charge in [-0.05, 0) is 50.6 Å². The predicted octanol–water partition coefficient (Wildman–Crippen LogP) is 2.97. The number of hydrogen-bond donors (Lipinski definition) is 2. The molecule has 0 aliphatic rings. The number of nitrogens with zero attached hydrogens (tertiary/aromatic N) is 2. The molecule has 1 amide bonds. The minimum absolute atomic E-state index is 0.0690. The number of sulfonamides is 1. The largest absolute Gasteiger partial charge is 0.319 e. The van der Waals surface area contributed by atoms with Crippen LogP contribution < -0.4 is 10.0 Å². The molecule has 0 aliphatic carbocycles. The summed E-state index contributed by atoms with van der Waals surface area (Å²) in [5.74, 6) is -0.397. The monoisotopic (exact) mass is 440 g/mol. The number of carbonyl (C=O) groups excluding carboxylic acids is 2. The molecule has 0 aliphatic heterocycles. The smallest absolute Gasteiger partial charge is 0.255 e. The van der Waals surface area contributed by atoms with Crippen LogP contribution in [0.25, 0.3) is 0 Å². The first-order valence-electron chi connectivity index (χ1n) is 9.59. The third kappa shape index (κ3) is 5.07. The third-order valence-electron chi connectivity index (χ3n) is 5.00. The lowest BCUT2D eigenvalue weighted by Gasteiger charge is -2.09. The highest BCUT2D eigenvalue weighted by Gasteiger charge is 2.16. The molecule has 0 spiro atoms. The molecule has 1 aromatic heterocycles. The summed E-state index contributed by atoms with van der Waals surface area (Å²) in [4.78, 5) is 23.9. The fraction of sp³-hybridized carbons (Fsp3) is 0.227. The Labute approximate surface area is 181 Å². The molecule has 1 heterocycles. The number of amides is 1.